The molecular weight excluding hydrogens is 206 g/mol. The smallest absolute Gasteiger partial charge is 0.309 e. The number of aliphatic hydroxyl groups is 1. The van der Waals surface area contributed by atoms with Gasteiger partial charge in [0.05, 0.1) is 12.0 Å². The largest absolute Gasteiger partial charge is 0.462 e. The third-order valence-electron chi connectivity index (χ3n) is 3.15. The highest BCUT2D eigenvalue weighted by Gasteiger charge is 2.27. The highest BCUT2D eigenvalue weighted by Crippen LogP contribution is 2.26. The molecule has 16 heavy (non-hydrogen) atoms. The van der Waals surface area contributed by atoms with E-state index in [-0.39, 0.29) is 25.0 Å². The quantitative estimate of drug-likeness (QED) is 0.711. The first-order valence-corrected chi connectivity index (χ1v) is 6.05. The first-order chi connectivity index (χ1) is 7.43. The molecule has 0 aromatic rings. The molecule has 0 aromatic heterocycles. The molecular formula is C12H23NO3. The zero-order valence-corrected chi connectivity index (χ0v) is 10.2. The standard InChI is InChI=1S/C12H23NO3/c1-9-4-3-5-10(6-9)16-11(14)7-12(2,15)8-13/h9-10,15H,3-8,13H2,1-2H3. The van der Waals surface area contributed by atoms with E-state index in [2.05, 4.69) is 6.92 Å². The molecule has 1 rings (SSSR count). The van der Waals surface area contributed by atoms with E-state index in [1.54, 1.807) is 6.92 Å². The van der Waals surface area contributed by atoms with E-state index < -0.39 is 5.60 Å². The van der Waals surface area contributed by atoms with Crippen LogP contribution in [0.4, 0.5) is 0 Å². The van der Waals surface area contributed by atoms with Crippen molar-refractivity contribution in [2.45, 2.75) is 57.7 Å². The first kappa shape index (κ1) is 13.5. The zero-order valence-electron chi connectivity index (χ0n) is 10.2. The van der Waals surface area contributed by atoms with E-state index in [9.17, 15) is 9.90 Å². The van der Waals surface area contributed by atoms with Crippen LogP contribution in [0.25, 0.3) is 0 Å². The molecule has 94 valence electrons. The maximum atomic E-state index is 11.6. The van der Waals surface area contributed by atoms with Crippen molar-refractivity contribution in [2.75, 3.05) is 6.54 Å². The monoisotopic (exact) mass is 229 g/mol. The van der Waals surface area contributed by atoms with Crippen LogP contribution in [-0.4, -0.2) is 29.3 Å². The molecule has 0 bridgehead atoms. The summed E-state index contributed by atoms with van der Waals surface area (Å²) in [5.74, 6) is 0.288. The second-order valence-corrected chi connectivity index (χ2v) is 5.26. The van der Waals surface area contributed by atoms with Gasteiger partial charge >= 0.3 is 5.97 Å². The van der Waals surface area contributed by atoms with Crippen LogP contribution in [0.1, 0.15) is 46.0 Å². The van der Waals surface area contributed by atoms with Gasteiger partial charge in [0.2, 0.25) is 0 Å². The zero-order chi connectivity index (χ0) is 12.2. The van der Waals surface area contributed by atoms with Crippen LogP contribution in [0.15, 0.2) is 0 Å². The Morgan fingerprint density at radius 2 is 2.25 bits per heavy atom. The summed E-state index contributed by atoms with van der Waals surface area (Å²) in [6, 6.07) is 0. The van der Waals surface area contributed by atoms with Crippen LogP contribution in [0.3, 0.4) is 0 Å². The van der Waals surface area contributed by atoms with E-state index in [0.29, 0.717) is 5.92 Å². The third-order valence-corrected chi connectivity index (χ3v) is 3.15. The molecule has 0 amide bonds. The Balaban J connectivity index is 2.33. The average molecular weight is 229 g/mol. The highest BCUT2D eigenvalue weighted by atomic mass is 16.5. The van der Waals surface area contributed by atoms with E-state index in [0.717, 1.165) is 19.3 Å². The molecule has 0 heterocycles. The highest BCUT2D eigenvalue weighted by molar-refractivity contribution is 5.70. The molecule has 1 fully saturated rings. The molecule has 0 saturated heterocycles. The molecule has 1 aliphatic rings. The summed E-state index contributed by atoms with van der Waals surface area (Å²) >= 11 is 0. The number of ether oxygens (including phenoxy) is 1. The molecule has 0 radical (unpaired) electrons. The summed E-state index contributed by atoms with van der Waals surface area (Å²) in [6.45, 7) is 3.80. The third kappa shape index (κ3) is 4.49. The summed E-state index contributed by atoms with van der Waals surface area (Å²) in [6.07, 6.45) is 4.23. The van der Waals surface area contributed by atoms with Crippen molar-refractivity contribution in [2.24, 2.45) is 11.7 Å². The molecule has 3 N–H and O–H groups in total. The molecule has 0 aliphatic heterocycles. The van der Waals surface area contributed by atoms with Crippen molar-refractivity contribution in [1.29, 1.82) is 0 Å². The van der Waals surface area contributed by atoms with Crippen molar-refractivity contribution in [1.82, 2.24) is 0 Å². The molecule has 0 aromatic carbocycles. The van der Waals surface area contributed by atoms with Gasteiger partial charge in [-0.05, 0) is 32.1 Å². The van der Waals surface area contributed by atoms with Crippen LogP contribution >= 0.6 is 0 Å². The maximum Gasteiger partial charge on any atom is 0.309 e. The molecule has 4 heteroatoms. The number of nitrogens with two attached hydrogens (primary N) is 1. The molecule has 1 saturated carbocycles. The summed E-state index contributed by atoms with van der Waals surface area (Å²) in [5.41, 5.74) is 4.21. The summed E-state index contributed by atoms with van der Waals surface area (Å²) in [4.78, 5) is 11.6. The lowest BCUT2D eigenvalue weighted by molar-refractivity contribution is -0.155. The predicted octanol–water partition coefficient (Wildman–Crippen LogP) is 1.21. The van der Waals surface area contributed by atoms with Crippen molar-refractivity contribution < 1.29 is 14.6 Å². The Hall–Kier alpha value is -0.610. The Morgan fingerprint density at radius 1 is 1.56 bits per heavy atom. The van der Waals surface area contributed by atoms with E-state index in [4.69, 9.17) is 10.5 Å². The Morgan fingerprint density at radius 3 is 2.81 bits per heavy atom. The minimum atomic E-state index is -1.14. The molecule has 3 atom stereocenters. The van der Waals surface area contributed by atoms with Crippen molar-refractivity contribution in [3.8, 4) is 0 Å². The minimum absolute atomic E-state index is 0.0195. The lowest BCUT2D eigenvalue weighted by Crippen LogP contribution is -2.38. The van der Waals surface area contributed by atoms with Crippen molar-refractivity contribution in [3.05, 3.63) is 0 Å². The van der Waals surface area contributed by atoms with Crippen LogP contribution in [-0.2, 0) is 9.53 Å². The van der Waals surface area contributed by atoms with Crippen LogP contribution in [0.5, 0.6) is 0 Å². The summed E-state index contributed by atoms with van der Waals surface area (Å²) in [7, 11) is 0. The first-order valence-electron chi connectivity index (χ1n) is 6.05. The van der Waals surface area contributed by atoms with Gasteiger partial charge in [0.1, 0.15) is 6.10 Å². The molecule has 4 nitrogen and oxygen atoms in total. The summed E-state index contributed by atoms with van der Waals surface area (Å²) in [5, 5.41) is 9.65. The second kappa shape index (κ2) is 5.64. The normalized spacial score (nSPS) is 29.5. The number of rotatable bonds is 4. The number of carbonyl (C=O) groups excluding carboxylic acids is 1. The van der Waals surface area contributed by atoms with Crippen LogP contribution in [0, 0.1) is 5.92 Å². The fourth-order valence-corrected chi connectivity index (χ4v) is 2.10. The Bertz CT molecular complexity index is 240. The van der Waals surface area contributed by atoms with Crippen molar-refractivity contribution in [3.63, 3.8) is 0 Å². The maximum absolute atomic E-state index is 11.6. The minimum Gasteiger partial charge on any atom is -0.462 e. The molecule has 3 unspecified atom stereocenters. The van der Waals surface area contributed by atoms with Gasteiger partial charge in [-0.15, -0.1) is 0 Å². The summed E-state index contributed by atoms with van der Waals surface area (Å²) < 4.78 is 5.34. The van der Waals surface area contributed by atoms with Crippen LogP contribution < -0.4 is 5.73 Å². The number of esters is 1. The average Bonchev–Trinajstić information content (AvgIpc) is 2.16. The van der Waals surface area contributed by atoms with Gasteiger partial charge in [-0.3, -0.25) is 4.79 Å². The SMILES string of the molecule is CC1CCCC(OC(=O)CC(C)(O)CN)C1. The van der Waals surface area contributed by atoms with Gasteiger partial charge in [-0.1, -0.05) is 13.3 Å². The fourth-order valence-electron chi connectivity index (χ4n) is 2.10. The molecule has 0 spiro atoms. The van der Waals surface area contributed by atoms with E-state index in [1.165, 1.54) is 6.42 Å². The lowest BCUT2D eigenvalue weighted by Gasteiger charge is -2.28. The van der Waals surface area contributed by atoms with E-state index >= 15 is 0 Å². The van der Waals surface area contributed by atoms with Crippen LogP contribution in [0.2, 0.25) is 0 Å². The van der Waals surface area contributed by atoms with Gasteiger partial charge in [0.25, 0.3) is 0 Å². The van der Waals surface area contributed by atoms with Gasteiger partial charge < -0.3 is 15.6 Å². The molecule has 1 aliphatic carbocycles. The lowest BCUT2D eigenvalue weighted by atomic mass is 9.88. The Labute approximate surface area is 97.2 Å². The number of hydrogen-bond acceptors (Lipinski definition) is 4. The number of carbonyl (C=O) groups is 1. The second-order valence-electron chi connectivity index (χ2n) is 5.26. The van der Waals surface area contributed by atoms with E-state index in [1.807, 2.05) is 0 Å². The van der Waals surface area contributed by atoms with Gasteiger partial charge in [0, 0.05) is 6.54 Å². The van der Waals surface area contributed by atoms with Gasteiger partial charge in [-0.25, -0.2) is 0 Å². The topological polar surface area (TPSA) is 72.5 Å². The number of hydrogen-bond donors (Lipinski definition) is 2. The van der Waals surface area contributed by atoms with Gasteiger partial charge in [0.15, 0.2) is 0 Å². The fraction of sp³-hybridized carbons (Fsp3) is 0.917. The van der Waals surface area contributed by atoms with Crippen molar-refractivity contribution >= 4 is 5.97 Å². The Kier molecular flexibility index (Phi) is 4.74. The predicted molar refractivity (Wildman–Crippen MR) is 61.8 cm³/mol. The van der Waals surface area contributed by atoms with Gasteiger partial charge in [-0.2, -0.15) is 0 Å².